The summed E-state index contributed by atoms with van der Waals surface area (Å²) in [6.45, 7) is 0.824. The average molecular weight is 270 g/mol. The molecule has 0 unspecified atom stereocenters. The van der Waals surface area contributed by atoms with Crippen LogP contribution in [0.1, 0.15) is 15.2 Å². The van der Waals surface area contributed by atoms with Crippen LogP contribution in [0.4, 0.5) is 0 Å². The van der Waals surface area contributed by atoms with Crippen LogP contribution in [-0.4, -0.2) is 10.9 Å². The van der Waals surface area contributed by atoms with Crippen LogP contribution >= 0.6 is 27.3 Å². The third kappa shape index (κ3) is 2.13. The molecule has 14 heavy (non-hydrogen) atoms. The highest BCUT2D eigenvalue weighted by Gasteiger charge is 1.99. The van der Waals surface area contributed by atoms with Gasteiger partial charge in [0.15, 0.2) is 6.29 Å². The Labute approximate surface area is 94.3 Å². The number of rotatable bonds is 3. The standard InChI is InChI=1S/C10H8BrNOS/c11-10-2-1-9(14-10)6-12-4-3-8(5-12)7-13/h1-5,7H,6H2. The number of hydrogen-bond donors (Lipinski definition) is 0. The number of carbonyl (C=O) groups excluding carboxylic acids is 1. The van der Waals surface area contributed by atoms with Crippen molar-refractivity contribution in [2.24, 2.45) is 0 Å². The Balaban J connectivity index is 2.14. The highest BCUT2D eigenvalue weighted by Crippen LogP contribution is 2.22. The van der Waals surface area contributed by atoms with E-state index in [2.05, 4.69) is 22.0 Å². The lowest BCUT2D eigenvalue weighted by atomic mass is 10.4. The molecule has 2 nitrogen and oxygen atoms in total. The molecule has 0 aliphatic heterocycles. The monoisotopic (exact) mass is 269 g/mol. The quantitative estimate of drug-likeness (QED) is 0.785. The van der Waals surface area contributed by atoms with Gasteiger partial charge in [-0.25, -0.2) is 0 Å². The van der Waals surface area contributed by atoms with Gasteiger partial charge in [-0.1, -0.05) is 0 Å². The van der Waals surface area contributed by atoms with Crippen LogP contribution in [0.15, 0.2) is 34.4 Å². The summed E-state index contributed by atoms with van der Waals surface area (Å²) < 4.78 is 3.14. The fraction of sp³-hybridized carbons (Fsp3) is 0.100. The van der Waals surface area contributed by atoms with Crippen LogP contribution in [0, 0.1) is 0 Å². The molecule has 2 heterocycles. The van der Waals surface area contributed by atoms with Crippen molar-refractivity contribution in [1.82, 2.24) is 4.57 Å². The van der Waals surface area contributed by atoms with E-state index in [1.165, 1.54) is 4.88 Å². The smallest absolute Gasteiger partial charge is 0.151 e. The number of halogens is 1. The number of aromatic nitrogens is 1. The van der Waals surface area contributed by atoms with Crippen molar-refractivity contribution < 1.29 is 4.79 Å². The molecule has 0 aromatic carbocycles. The van der Waals surface area contributed by atoms with E-state index < -0.39 is 0 Å². The van der Waals surface area contributed by atoms with Gasteiger partial charge in [0, 0.05) is 22.8 Å². The summed E-state index contributed by atoms with van der Waals surface area (Å²) in [6.07, 6.45) is 4.62. The predicted molar refractivity (Wildman–Crippen MR) is 60.9 cm³/mol. The van der Waals surface area contributed by atoms with Gasteiger partial charge in [-0.2, -0.15) is 0 Å². The molecule has 2 aromatic heterocycles. The summed E-state index contributed by atoms with van der Waals surface area (Å²) in [5.74, 6) is 0. The summed E-state index contributed by atoms with van der Waals surface area (Å²) in [5.41, 5.74) is 0.723. The first-order valence-corrected chi connectivity index (χ1v) is 5.74. The highest BCUT2D eigenvalue weighted by atomic mass is 79.9. The number of thiophene rings is 1. The van der Waals surface area contributed by atoms with Gasteiger partial charge in [-0.15, -0.1) is 11.3 Å². The first-order valence-electron chi connectivity index (χ1n) is 4.13. The molecule has 0 saturated carbocycles. The minimum atomic E-state index is 0.723. The zero-order chi connectivity index (χ0) is 9.97. The van der Waals surface area contributed by atoms with E-state index in [0.29, 0.717) is 0 Å². The molecule has 0 spiro atoms. The third-order valence-electron chi connectivity index (χ3n) is 1.88. The second-order valence-electron chi connectivity index (χ2n) is 2.94. The van der Waals surface area contributed by atoms with E-state index >= 15 is 0 Å². The molecule has 72 valence electrons. The van der Waals surface area contributed by atoms with Gasteiger partial charge in [0.25, 0.3) is 0 Å². The summed E-state index contributed by atoms with van der Waals surface area (Å²) >= 11 is 5.12. The largest absolute Gasteiger partial charge is 0.348 e. The second kappa shape index (κ2) is 4.11. The van der Waals surface area contributed by atoms with Crippen LogP contribution in [0.5, 0.6) is 0 Å². The van der Waals surface area contributed by atoms with Gasteiger partial charge in [0.2, 0.25) is 0 Å². The Morgan fingerprint density at radius 1 is 1.43 bits per heavy atom. The zero-order valence-electron chi connectivity index (χ0n) is 7.31. The molecule has 2 rings (SSSR count). The molecule has 2 aromatic rings. The SMILES string of the molecule is O=Cc1ccn(Cc2ccc(Br)s2)c1. The Hall–Kier alpha value is -0.870. The van der Waals surface area contributed by atoms with Crippen molar-refractivity contribution in [2.75, 3.05) is 0 Å². The first-order chi connectivity index (χ1) is 6.78. The lowest BCUT2D eigenvalue weighted by Gasteiger charge is -1.97. The lowest BCUT2D eigenvalue weighted by molar-refractivity contribution is 0.112. The van der Waals surface area contributed by atoms with E-state index in [0.717, 1.165) is 22.2 Å². The highest BCUT2D eigenvalue weighted by molar-refractivity contribution is 9.11. The Bertz CT molecular complexity index is 446. The molecule has 0 amide bonds. The number of carbonyl (C=O) groups is 1. The van der Waals surface area contributed by atoms with Crippen molar-refractivity contribution in [3.63, 3.8) is 0 Å². The maximum atomic E-state index is 10.5. The Kier molecular flexibility index (Phi) is 2.84. The van der Waals surface area contributed by atoms with Crippen molar-refractivity contribution >= 4 is 33.6 Å². The van der Waals surface area contributed by atoms with E-state index in [1.807, 2.05) is 29.1 Å². The molecule has 0 aliphatic rings. The van der Waals surface area contributed by atoms with Gasteiger partial charge in [-0.05, 0) is 34.1 Å². The maximum absolute atomic E-state index is 10.5. The van der Waals surface area contributed by atoms with Gasteiger partial charge in [0.1, 0.15) is 0 Å². The fourth-order valence-corrected chi connectivity index (χ4v) is 2.74. The maximum Gasteiger partial charge on any atom is 0.151 e. The van der Waals surface area contributed by atoms with Crippen molar-refractivity contribution in [1.29, 1.82) is 0 Å². The van der Waals surface area contributed by atoms with Crippen LogP contribution in [-0.2, 0) is 6.54 Å². The van der Waals surface area contributed by atoms with Crippen LogP contribution in [0.2, 0.25) is 0 Å². The fourth-order valence-electron chi connectivity index (χ4n) is 1.24. The minimum Gasteiger partial charge on any atom is -0.348 e. The van der Waals surface area contributed by atoms with E-state index in [1.54, 1.807) is 11.3 Å². The van der Waals surface area contributed by atoms with Crippen LogP contribution in [0.3, 0.4) is 0 Å². The molecule has 0 atom stereocenters. The van der Waals surface area contributed by atoms with Gasteiger partial charge in [0.05, 0.1) is 10.3 Å². The third-order valence-corrected chi connectivity index (χ3v) is 3.49. The molecule has 4 heteroatoms. The Morgan fingerprint density at radius 2 is 2.29 bits per heavy atom. The van der Waals surface area contributed by atoms with Crippen LogP contribution < -0.4 is 0 Å². The van der Waals surface area contributed by atoms with Crippen molar-refractivity contribution in [3.05, 3.63) is 44.8 Å². The average Bonchev–Trinajstić information content (AvgIpc) is 2.76. The zero-order valence-corrected chi connectivity index (χ0v) is 9.72. The molecule has 0 N–H and O–H groups in total. The van der Waals surface area contributed by atoms with Gasteiger partial charge >= 0.3 is 0 Å². The number of aldehydes is 1. The molecule has 0 saturated heterocycles. The Morgan fingerprint density at radius 3 is 2.86 bits per heavy atom. The summed E-state index contributed by atoms with van der Waals surface area (Å²) in [7, 11) is 0. The molecule has 0 bridgehead atoms. The number of hydrogen-bond acceptors (Lipinski definition) is 2. The van der Waals surface area contributed by atoms with E-state index in [9.17, 15) is 4.79 Å². The second-order valence-corrected chi connectivity index (χ2v) is 5.49. The van der Waals surface area contributed by atoms with E-state index in [-0.39, 0.29) is 0 Å². The molecule has 0 radical (unpaired) electrons. The van der Waals surface area contributed by atoms with Crippen molar-refractivity contribution in [3.8, 4) is 0 Å². The molecular formula is C10H8BrNOS. The molecule has 0 aliphatic carbocycles. The number of nitrogens with zero attached hydrogens (tertiary/aromatic N) is 1. The predicted octanol–water partition coefficient (Wildman–Crippen LogP) is 3.17. The minimum absolute atomic E-state index is 0.723. The van der Waals surface area contributed by atoms with Gasteiger partial charge < -0.3 is 4.57 Å². The van der Waals surface area contributed by atoms with Crippen molar-refractivity contribution in [2.45, 2.75) is 6.54 Å². The molecular weight excluding hydrogens is 262 g/mol. The topological polar surface area (TPSA) is 22.0 Å². The first kappa shape index (κ1) is 9.68. The summed E-state index contributed by atoms with van der Waals surface area (Å²) in [6, 6.07) is 5.93. The van der Waals surface area contributed by atoms with E-state index in [4.69, 9.17) is 0 Å². The lowest BCUT2D eigenvalue weighted by Crippen LogP contribution is -1.92. The summed E-state index contributed by atoms with van der Waals surface area (Å²) in [4.78, 5) is 11.7. The normalized spacial score (nSPS) is 10.4. The van der Waals surface area contributed by atoms with Gasteiger partial charge in [-0.3, -0.25) is 4.79 Å². The molecule has 0 fully saturated rings. The summed E-state index contributed by atoms with van der Waals surface area (Å²) in [5, 5.41) is 0. The van der Waals surface area contributed by atoms with Crippen LogP contribution in [0.25, 0.3) is 0 Å².